The summed E-state index contributed by atoms with van der Waals surface area (Å²) < 4.78 is 0. The predicted molar refractivity (Wildman–Crippen MR) is 114 cm³/mol. The van der Waals surface area contributed by atoms with Crippen molar-refractivity contribution in [1.82, 2.24) is 5.32 Å². The molecule has 162 valence electrons. The molecule has 0 bridgehead atoms. The molecular formula is C23H35ClN2O3. The first-order chi connectivity index (χ1) is 13.4. The molecule has 6 heteroatoms. The van der Waals surface area contributed by atoms with Gasteiger partial charge in [-0.3, -0.25) is 9.59 Å². The smallest absolute Gasteiger partial charge is 0.141 e. The zero-order valence-electron chi connectivity index (χ0n) is 17.7. The molecule has 5 fully saturated rings. The molecule has 0 aromatic carbocycles. The van der Waals surface area contributed by atoms with Gasteiger partial charge in [0.05, 0.1) is 5.71 Å². The fraction of sp³-hybridized carbons (Fsp3) is 0.870. The number of oxime groups is 1. The first kappa shape index (κ1) is 21.3. The summed E-state index contributed by atoms with van der Waals surface area (Å²) in [6, 6.07) is 0. The molecule has 1 heterocycles. The number of nitrogens with one attached hydrogen (secondary N) is 1. The zero-order chi connectivity index (χ0) is 19.5. The molecule has 4 saturated carbocycles. The van der Waals surface area contributed by atoms with Gasteiger partial charge < -0.3 is 10.2 Å². The first-order valence-corrected chi connectivity index (χ1v) is 11.4. The van der Waals surface area contributed by atoms with Crippen LogP contribution in [-0.2, 0) is 14.4 Å². The number of halogens is 1. The van der Waals surface area contributed by atoms with E-state index in [0.717, 1.165) is 70.2 Å². The van der Waals surface area contributed by atoms with Crippen LogP contribution in [0, 0.1) is 34.5 Å². The van der Waals surface area contributed by atoms with E-state index >= 15 is 0 Å². The Bertz CT molecular complexity index is 719. The highest BCUT2D eigenvalue weighted by atomic mass is 35.5. The Morgan fingerprint density at radius 1 is 1.03 bits per heavy atom. The van der Waals surface area contributed by atoms with Crippen molar-refractivity contribution in [2.24, 2.45) is 39.7 Å². The summed E-state index contributed by atoms with van der Waals surface area (Å²) in [4.78, 5) is 31.6. The lowest BCUT2D eigenvalue weighted by Gasteiger charge is -2.58. The summed E-state index contributed by atoms with van der Waals surface area (Å²) in [7, 11) is 0. The number of ketones is 2. The summed E-state index contributed by atoms with van der Waals surface area (Å²) in [5.41, 5.74) is 0.994. The third-order valence-electron chi connectivity index (χ3n) is 9.35. The van der Waals surface area contributed by atoms with E-state index in [1.165, 1.54) is 0 Å². The van der Waals surface area contributed by atoms with E-state index < -0.39 is 0 Å². The normalized spacial score (nSPS) is 47.9. The van der Waals surface area contributed by atoms with E-state index in [4.69, 9.17) is 4.84 Å². The van der Waals surface area contributed by atoms with Crippen LogP contribution in [0.3, 0.4) is 0 Å². The lowest BCUT2D eigenvalue weighted by atomic mass is 9.45. The Balaban J connectivity index is 0.00000205. The molecule has 5 aliphatic rings. The predicted octanol–water partition coefficient (Wildman–Crippen LogP) is 3.93. The second-order valence-corrected chi connectivity index (χ2v) is 10.6. The minimum absolute atomic E-state index is 0. The van der Waals surface area contributed by atoms with Crippen molar-refractivity contribution in [3.8, 4) is 0 Å². The van der Waals surface area contributed by atoms with Crippen molar-refractivity contribution in [3.63, 3.8) is 0 Å². The van der Waals surface area contributed by atoms with Crippen LogP contribution in [0.1, 0.15) is 71.6 Å². The molecule has 0 amide bonds. The molecule has 5 rings (SSSR count). The zero-order valence-corrected chi connectivity index (χ0v) is 18.6. The van der Waals surface area contributed by atoms with Gasteiger partial charge in [0.2, 0.25) is 0 Å². The van der Waals surface area contributed by atoms with Crippen molar-refractivity contribution < 1.29 is 14.4 Å². The Morgan fingerprint density at radius 3 is 2.62 bits per heavy atom. The van der Waals surface area contributed by atoms with Gasteiger partial charge >= 0.3 is 0 Å². The highest BCUT2D eigenvalue weighted by Crippen LogP contribution is 2.64. The number of hydrogen-bond acceptors (Lipinski definition) is 5. The van der Waals surface area contributed by atoms with Gasteiger partial charge in [0.25, 0.3) is 0 Å². The van der Waals surface area contributed by atoms with Crippen LogP contribution in [0.2, 0.25) is 0 Å². The lowest BCUT2D eigenvalue weighted by Crippen LogP contribution is -2.56. The van der Waals surface area contributed by atoms with Gasteiger partial charge in [-0.05, 0) is 68.2 Å². The molecular weight excluding hydrogens is 388 g/mol. The van der Waals surface area contributed by atoms with Gasteiger partial charge in [0.15, 0.2) is 0 Å². The van der Waals surface area contributed by atoms with Crippen LogP contribution in [0.15, 0.2) is 5.16 Å². The van der Waals surface area contributed by atoms with Crippen molar-refractivity contribution in [2.45, 2.75) is 77.7 Å². The molecule has 4 aliphatic carbocycles. The molecule has 0 radical (unpaired) electrons. The third-order valence-corrected chi connectivity index (χ3v) is 9.35. The second kappa shape index (κ2) is 7.64. The average Bonchev–Trinajstić information content (AvgIpc) is 3.29. The summed E-state index contributed by atoms with van der Waals surface area (Å²) in [5, 5.41) is 7.78. The SMILES string of the molecule is C[C@]12CC/C(=N/O[C@@H]3CCNC3)CC1C(=O)C[C@@H]1[C@@H]2CC[C@]2(C)C(=O)CC[C@@H]12.Cl. The summed E-state index contributed by atoms with van der Waals surface area (Å²) in [6.07, 6.45) is 8.50. The molecule has 29 heavy (non-hydrogen) atoms. The molecule has 0 spiro atoms. The maximum Gasteiger partial charge on any atom is 0.141 e. The molecule has 7 atom stereocenters. The number of fused-ring (bicyclic) bond motifs is 5. The van der Waals surface area contributed by atoms with Gasteiger partial charge in [-0.2, -0.15) is 0 Å². The Morgan fingerprint density at radius 2 is 1.86 bits per heavy atom. The van der Waals surface area contributed by atoms with Gasteiger partial charge in [0.1, 0.15) is 17.7 Å². The number of hydrogen-bond donors (Lipinski definition) is 1. The fourth-order valence-electron chi connectivity index (χ4n) is 7.57. The third kappa shape index (κ3) is 3.27. The Kier molecular flexibility index (Phi) is 5.61. The quantitative estimate of drug-likeness (QED) is 0.684. The van der Waals surface area contributed by atoms with E-state index in [-0.39, 0.29) is 35.3 Å². The summed E-state index contributed by atoms with van der Waals surface area (Å²) in [6.45, 7) is 6.42. The Hall–Kier alpha value is -0.940. The Labute approximate surface area is 180 Å². The van der Waals surface area contributed by atoms with Gasteiger partial charge in [-0.1, -0.05) is 19.0 Å². The number of rotatable bonds is 2. The summed E-state index contributed by atoms with van der Waals surface area (Å²) in [5.74, 6) is 2.38. The van der Waals surface area contributed by atoms with Gasteiger partial charge in [0, 0.05) is 37.1 Å². The maximum absolute atomic E-state index is 13.3. The largest absolute Gasteiger partial charge is 0.391 e. The minimum Gasteiger partial charge on any atom is -0.391 e. The van der Waals surface area contributed by atoms with Crippen LogP contribution in [0.25, 0.3) is 0 Å². The molecule has 0 aromatic heterocycles. The fourth-order valence-corrected chi connectivity index (χ4v) is 7.57. The van der Waals surface area contributed by atoms with Crippen molar-refractivity contribution >= 4 is 29.7 Å². The molecule has 5 nitrogen and oxygen atoms in total. The standard InChI is InChI=1S/C23H34N2O3.ClH/c1-22-8-5-14(25-28-15-7-10-24-13-15)11-19(22)20(26)12-16-17-3-4-21(27)23(17,2)9-6-18(16)22;/h15-19,24H,3-13H2,1-2H3;1H/b25-14-;/t15-,16+,17+,18+,19?,22-,23+;/m1./s1. The van der Waals surface area contributed by atoms with E-state index in [1.54, 1.807) is 0 Å². The van der Waals surface area contributed by atoms with Crippen molar-refractivity contribution in [3.05, 3.63) is 0 Å². The van der Waals surface area contributed by atoms with Gasteiger partial charge in [-0.25, -0.2) is 0 Å². The highest BCUT2D eigenvalue weighted by Gasteiger charge is 2.62. The van der Waals surface area contributed by atoms with Crippen LogP contribution in [0.5, 0.6) is 0 Å². The second-order valence-electron chi connectivity index (χ2n) is 10.6. The lowest BCUT2D eigenvalue weighted by molar-refractivity contribution is -0.152. The number of carbonyl (C=O) groups excluding carboxylic acids is 2. The molecule has 1 aliphatic heterocycles. The van der Waals surface area contributed by atoms with Crippen LogP contribution >= 0.6 is 12.4 Å². The van der Waals surface area contributed by atoms with Gasteiger partial charge in [-0.15, -0.1) is 12.4 Å². The summed E-state index contributed by atoms with van der Waals surface area (Å²) >= 11 is 0. The van der Waals surface area contributed by atoms with Crippen molar-refractivity contribution in [2.75, 3.05) is 13.1 Å². The highest BCUT2D eigenvalue weighted by molar-refractivity contribution is 5.93. The topological polar surface area (TPSA) is 67.8 Å². The van der Waals surface area contributed by atoms with Crippen LogP contribution < -0.4 is 5.32 Å². The molecule has 1 N–H and O–H groups in total. The number of carbonyl (C=O) groups is 2. The molecule has 0 aromatic rings. The van der Waals surface area contributed by atoms with Crippen LogP contribution in [0.4, 0.5) is 0 Å². The average molecular weight is 423 g/mol. The van der Waals surface area contributed by atoms with Crippen molar-refractivity contribution in [1.29, 1.82) is 0 Å². The first-order valence-electron chi connectivity index (χ1n) is 11.4. The number of Topliss-reactive ketones (excluding diaryl/α,β-unsaturated/α-hetero) is 2. The van der Waals surface area contributed by atoms with Crippen LogP contribution in [-0.4, -0.2) is 36.5 Å². The minimum atomic E-state index is -0.158. The van der Waals surface area contributed by atoms with E-state index in [0.29, 0.717) is 35.7 Å². The maximum atomic E-state index is 13.3. The van der Waals surface area contributed by atoms with E-state index in [2.05, 4.69) is 24.3 Å². The molecule has 1 unspecified atom stereocenters. The van der Waals surface area contributed by atoms with E-state index in [1.807, 2.05) is 0 Å². The molecule has 1 saturated heterocycles. The monoisotopic (exact) mass is 422 g/mol. The number of nitrogens with zero attached hydrogens (tertiary/aromatic N) is 1. The van der Waals surface area contributed by atoms with E-state index in [9.17, 15) is 9.59 Å².